The standard InChI is InChI=1S/C32H35NO8/c1-13(2)10-18-11-17-7-8-19-12-21(35)33-32(19)25(17)30(40)22-23(28(38)16(5)29(39)24(22)31(32)41)26(36)14(3)6-9-20(34)15(4)27(18)37/h6-9,11,13-15,17,19-20,25,34,38-39H,10,12H2,1-5H3,(H,33,35)/b9-6+,18-11+/t14-,15+,17+,19-,20-,25+,32-/m1/s1. The van der Waals surface area contributed by atoms with Gasteiger partial charge in [-0.3, -0.25) is 24.0 Å². The molecular weight excluding hydrogens is 526 g/mol. The van der Waals surface area contributed by atoms with Gasteiger partial charge >= 0.3 is 0 Å². The summed E-state index contributed by atoms with van der Waals surface area (Å²) in [5, 5.41) is 35.8. The van der Waals surface area contributed by atoms with Gasteiger partial charge in [0.2, 0.25) is 5.91 Å². The number of carbonyl (C=O) groups is 5. The van der Waals surface area contributed by atoms with Crippen molar-refractivity contribution in [3.63, 3.8) is 0 Å². The Morgan fingerprint density at radius 1 is 0.902 bits per heavy atom. The average molecular weight is 562 g/mol. The van der Waals surface area contributed by atoms with Crippen molar-refractivity contribution in [3.05, 3.63) is 58.2 Å². The van der Waals surface area contributed by atoms with E-state index in [1.165, 1.54) is 26.0 Å². The number of Topliss-reactive ketones (excluding diaryl/α,β-unsaturated/α-hetero) is 4. The lowest BCUT2D eigenvalue weighted by Crippen LogP contribution is -2.65. The van der Waals surface area contributed by atoms with Crippen molar-refractivity contribution < 1.29 is 39.3 Å². The van der Waals surface area contributed by atoms with Crippen LogP contribution in [0.25, 0.3) is 0 Å². The second-order valence-corrected chi connectivity index (χ2v) is 12.3. The highest BCUT2D eigenvalue weighted by Crippen LogP contribution is 2.54. The highest BCUT2D eigenvalue weighted by molar-refractivity contribution is 6.27. The maximum Gasteiger partial charge on any atom is 0.221 e. The predicted octanol–water partition coefficient (Wildman–Crippen LogP) is 3.39. The number of rotatable bonds is 2. The quantitative estimate of drug-likeness (QED) is 0.400. The number of aromatic hydroxyl groups is 2. The molecule has 1 aromatic rings. The Bertz CT molecular complexity index is 1500. The van der Waals surface area contributed by atoms with E-state index in [2.05, 4.69) is 5.32 Å². The summed E-state index contributed by atoms with van der Waals surface area (Å²) in [6, 6.07) is 0. The van der Waals surface area contributed by atoms with Gasteiger partial charge in [0.15, 0.2) is 23.1 Å². The highest BCUT2D eigenvalue weighted by atomic mass is 16.3. The number of hydrogen-bond acceptors (Lipinski definition) is 8. The normalized spacial score (nSPS) is 35.1. The van der Waals surface area contributed by atoms with E-state index < -0.39 is 81.6 Å². The van der Waals surface area contributed by atoms with Gasteiger partial charge < -0.3 is 20.6 Å². The van der Waals surface area contributed by atoms with Crippen molar-refractivity contribution in [2.24, 2.45) is 35.5 Å². The van der Waals surface area contributed by atoms with E-state index in [1.807, 2.05) is 13.8 Å². The number of carbonyl (C=O) groups excluding carboxylic acids is 5. The predicted molar refractivity (Wildman–Crippen MR) is 149 cm³/mol. The van der Waals surface area contributed by atoms with Crippen LogP contribution in [-0.2, 0) is 9.59 Å². The van der Waals surface area contributed by atoms with Gasteiger partial charge in [-0.1, -0.05) is 58.1 Å². The summed E-state index contributed by atoms with van der Waals surface area (Å²) in [6.45, 7) is 8.31. The van der Waals surface area contributed by atoms with Crippen molar-refractivity contribution in [2.75, 3.05) is 0 Å². The van der Waals surface area contributed by atoms with Crippen molar-refractivity contribution in [1.82, 2.24) is 5.32 Å². The van der Waals surface area contributed by atoms with Gasteiger partial charge in [-0.25, -0.2) is 0 Å². The van der Waals surface area contributed by atoms with E-state index in [1.54, 1.807) is 25.2 Å². The number of hydrogen-bond donors (Lipinski definition) is 4. The molecule has 5 rings (SSSR count). The second kappa shape index (κ2) is 9.91. The van der Waals surface area contributed by atoms with Crippen LogP contribution in [0.3, 0.4) is 0 Å². The van der Waals surface area contributed by atoms with Gasteiger partial charge in [0.1, 0.15) is 17.0 Å². The molecule has 4 N–H and O–H groups in total. The number of ketones is 4. The minimum absolute atomic E-state index is 0.0509. The molecule has 9 heteroatoms. The summed E-state index contributed by atoms with van der Waals surface area (Å²) >= 11 is 0. The number of phenols is 2. The van der Waals surface area contributed by atoms with Crippen molar-refractivity contribution >= 4 is 29.0 Å². The molecular formula is C32H35NO8. The zero-order valence-electron chi connectivity index (χ0n) is 23.7. The highest BCUT2D eigenvalue weighted by Gasteiger charge is 2.65. The molecule has 216 valence electrons. The van der Waals surface area contributed by atoms with Gasteiger partial charge in [-0.2, -0.15) is 0 Å². The fraction of sp³-hybridized carbons (Fsp3) is 0.469. The van der Waals surface area contributed by atoms with Crippen LogP contribution in [0.1, 0.15) is 77.2 Å². The molecule has 1 amide bonds. The van der Waals surface area contributed by atoms with E-state index in [0.29, 0.717) is 12.0 Å². The van der Waals surface area contributed by atoms with Gasteiger partial charge in [0.05, 0.1) is 23.1 Å². The van der Waals surface area contributed by atoms with Crippen LogP contribution in [0.15, 0.2) is 36.0 Å². The Morgan fingerprint density at radius 2 is 1.56 bits per heavy atom. The molecule has 0 saturated carbocycles. The summed E-state index contributed by atoms with van der Waals surface area (Å²) in [5.41, 5.74) is -2.65. The topological polar surface area (TPSA) is 158 Å². The molecule has 41 heavy (non-hydrogen) atoms. The van der Waals surface area contributed by atoms with Crippen LogP contribution >= 0.6 is 0 Å². The molecule has 1 fully saturated rings. The molecule has 2 bridgehead atoms. The van der Waals surface area contributed by atoms with Gasteiger partial charge in [-0.05, 0) is 24.8 Å². The second-order valence-electron chi connectivity index (χ2n) is 12.3. The van der Waals surface area contributed by atoms with Crippen molar-refractivity contribution in [3.8, 4) is 11.5 Å². The molecule has 0 radical (unpaired) electrons. The number of amides is 1. The Labute approximate surface area is 238 Å². The van der Waals surface area contributed by atoms with Gasteiger partial charge in [-0.15, -0.1) is 0 Å². The van der Waals surface area contributed by atoms with Crippen molar-refractivity contribution in [1.29, 1.82) is 0 Å². The first-order valence-electron chi connectivity index (χ1n) is 14.0. The zero-order chi connectivity index (χ0) is 30.1. The molecule has 1 spiro atoms. The van der Waals surface area contributed by atoms with Crippen LogP contribution in [0.5, 0.6) is 11.5 Å². The van der Waals surface area contributed by atoms with Crippen LogP contribution in [-0.4, -0.2) is 56.0 Å². The molecule has 1 heterocycles. The van der Waals surface area contributed by atoms with Gasteiger partial charge in [0.25, 0.3) is 0 Å². The third kappa shape index (κ3) is 4.12. The number of aliphatic hydroxyl groups is 1. The summed E-state index contributed by atoms with van der Waals surface area (Å²) in [4.78, 5) is 69.3. The molecule has 1 saturated heterocycles. The summed E-state index contributed by atoms with van der Waals surface area (Å²) in [6.07, 6.45) is 6.89. The smallest absolute Gasteiger partial charge is 0.221 e. The molecule has 3 aliphatic carbocycles. The van der Waals surface area contributed by atoms with Crippen LogP contribution < -0.4 is 5.32 Å². The lowest BCUT2D eigenvalue weighted by molar-refractivity contribution is -0.121. The molecule has 0 unspecified atom stereocenters. The Balaban J connectivity index is 1.88. The molecule has 0 aromatic heterocycles. The maximum atomic E-state index is 14.6. The fourth-order valence-corrected chi connectivity index (χ4v) is 6.89. The zero-order valence-corrected chi connectivity index (χ0v) is 23.7. The molecule has 9 nitrogen and oxygen atoms in total. The lowest BCUT2D eigenvalue weighted by Gasteiger charge is -2.47. The average Bonchev–Trinajstić information content (AvgIpc) is 3.27. The number of nitrogens with one attached hydrogen (secondary N) is 1. The first-order chi connectivity index (χ1) is 19.2. The van der Waals surface area contributed by atoms with Crippen LogP contribution in [0, 0.1) is 42.4 Å². The largest absolute Gasteiger partial charge is 0.507 e. The number of phenolic OH excluding ortho intramolecular Hbond substituents is 2. The third-order valence-corrected chi connectivity index (χ3v) is 9.11. The van der Waals surface area contributed by atoms with Crippen LogP contribution in [0.2, 0.25) is 0 Å². The number of benzene rings is 1. The first kappa shape index (κ1) is 28.7. The monoisotopic (exact) mass is 561 g/mol. The molecule has 7 atom stereocenters. The maximum absolute atomic E-state index is 14.6. The van der Waals surface area contributed by atoms with E-state index in [-0.39, 0.29) is 34.8 Å². The first-order valence-corrected chi connectivity index (χ1v) is 14.0. The third-order valence-electron chi connectivity index (χ3n) is 9.11. The van der Waals surface area contributed by atoms with E-state index in [9.17, 15) is 39.3 Å². The van der Waals surface area contributed by atoms with Crippen molar-refractivity contribution in [2.45, 2.75) is 59.1 Å². The summed E-state index contributed by atoms with van der Waals surface area (Å²) in [7, 11) is 0. The summed E-state index contributed by atoms with van der Waals surface area (Å²) < 4.78 is 0. The Hall–Kier alpha value is -3.85. The van der Waals surface area contributed by atoms with Crippen LogP contribution in [0.4, 0.5) is 0 Å². The molecule has 1 aromatic carbocycles. The van der Waals surface area contributed by atoms with Gasteiger partial charge in [0, 0.05) is 41.2 Å². The lowest BCUT2D eigenvalue weighted by atomic mass is 9.56. The van der Waals surface area contributed by atoms with E-state index in [4.69, 9.17) is 0 Å². The van der Waals surface area contributed by atoms with E-state index >= 15 is 0 Å². The summed E-state index contributed by atoms with van der Waals surface area (Å²) in [5.74, 6) is -8.60. The fourth-order valence-electron chi connectivity index (χ4n) is 6.89. The minimum atomic E-state index is -1.74. The Morgan fingerprint density at radius 3 is 2.22 bits per heavy atom. The number of aliphatic hydroxyl groups excluding tert-OH is 1. The van der Waals surface area contributed by atoms with E-state index in [0.717, 1.165) is 0 Å². The molecule has 4 aliphatic rings. The number of allylic oxidation sites excluding steroid dienone is 4. The molecule has 1 aliphatic heterocycles. The Kier molecular flexibility index (Phi) is 6.93. The SMILES string of the molecule is Cc1c(O)c2c3c(c1O)C(=O)[C@@]14NC(=O)C[C@H]1C=C[C@@H](/C=C(\CC(C)C)C(=O)[C@@H](C)[C@H](O)/C=C/[C@@H](C)C2=O)[C@H]4C3=O. The minimum Gasteiger partial charge on any atom is -0.507 e.